The number of nitrogens with zero attached hydrogens (tertiary/aromatic N) is 2. The molecule has 0 amide bonds. The summed E-state index contributed by atoms with van der Waals surface area (Å²) in [5.41, 5.74) is 1.18. The van der Waals surface area contributed by atoms with E-state index in [4.69, 9.17) is 4.74 Å². The van der Waals surface area contributed by atoms with Gasteiger partial charge in [-0.15, -0.1) is 0 Å². The molecule has 2 atom stereocenters. The summed E-state index contributed by atoms with van der Waals surface area (Å²) >= 11 is 0. The lowest BCUT2D eigenvalue weighted by Crippen LogP contribution is -2.21. The standard InChI is InChI=1S/C11H17N3O/c1-15-5-4-12-7-9-6-10(9)11-2-3-13-8-14-11/h2-3,8-10,12H,4-7H2,1H3. The zero-order chi connectivity index (χ0) is 10.5. The molecule has 2 rings (SSSR count). The van der Waals surface area contributed by atoms with E-state index in [0.717, 1.165) is 25.6 Å². The Labute approximate surface area is 90.1 Å². The van der Waals surface area contributed by atoms with Crippen LogP contribution in [0.4, 0.5) is 0 Å². The lowest BCUT2D eigenvalue weighted by Gasteiger charge is -2.02. The zero-order valence-corrected chi connectivity index (χ0v) is 9.02. The molecule has 15 heavy (non-hydrogen) atoms. The van der Waals surface area contributed by atoms with Gasteiger partial charge in [-0.25, -0.2) is 9.97 Å². The van der Waals surface area contributed by atoms with Crippen LogP contribution in [0.3, 0.4) is 0 Å². The molecule has 1 aromatic heterocycles. The highest BCUT2D eigenvalue weighted by molar-refractivity contribution is 5.16. The lowest BCUT2D eigenvalue weighted by atomic mass is 10.2. The molecular weight excluding hydrogens is 190 g/mol. The highest BCUT2D eigenvalue weighted by Crippen LogP contribution is 2.45. The average Bonchev–Trinajstić information content (AvgIpc) is 3.05. The average molecular weight is 207 g/mol. The van der Waals surface area contributed by atoms with Crippen LogP contribution < -0.4 is 5.32 Å². The number of nitrogens with one attached hydrogen (secondary N) is 1. The van der Waals surface area contributed by atoms with Crippen LogP contribution in [-0.4, -0.2) is 36.8 Å². The third-order valence-corrected chi connectivity index (χ3v) is 2.80. The lowest BCUT2D eigenvalue weighted by molar-refractivity contribution is 0.199. The Morgan fingerprint density at radius 3 is 3.27 bits per heavy atom. The van der Waals surface area contributed by atoms with Gasteiger partial charge in [0.1, 0.15) is 6.33 Å². The summed E-state index contributed by atoms with van der Waals surface area (Å²) in [4.78, 5) is 8.20. The third-order valence-electron chi connectivity index (χ3n) is 2.80. The molecule has 1 fully saturated rings. The van der Waals surface area contributed by atoms with Crippen LogP contribution in [0.25, 0.3) is 0 Å². The van der Waals surface area contributed by atoms with Crippen molar-refractivity contribution < 1.29 is 4.74 Å². The van der Waals surface area contributed by atoms with Crippen molar-refractivity contribution in [2.75, 3.05) is 26.8 Å². The van der Waals surface area contributed by atoms with E-state index < -0.39 is 0 Å². The van der Waals surface area contributed by atoms with Crippen LogP contribution in [-0.2, 0) is 4.74 Å². The molecule has 1 saturated carbocycles. The first-order valence-electron chi connectivity index (χ1n) is 5.37. The second-order valence-electron chi connectivity index (χ2n) is 3.93. The van der Waals surface area contributed by atoms with Crippen LogP contribution in [0.1, 0.15) is 18.0 Å². The van der Waals surface area contributed by atoms with Crippen LogP contribution in [0.15, 0.2) is 18.6 Å². The van der Waals surface area contributed by atoms with Crippen LogP contribution >= 0.6 is 0 Å². The van der Waals surface area contributed by atoms with Gasteiger partial charge in [-0.1, -0.05) is 0 Å². The van der Waals surface area contributed by atoms with Crippen molar-refractivity contribution >= 4 is 0 Å². The van der Waals surface area contributed by atoms with Crippen molar-refractivity contribution in [2.24, 2.45) is 5.92 Å². The molecule has 1 heterocycles. The van der Waals surface area contributed by atoms with Crippen LogP contribution in [0.2, 0.25) is 0 Å². The maximum Gasteiger partial charge on any atom is 0.115 e. The summed E-state index contributed by atoms with van der Waals surface area (Å²) in [6.45, 7) is 2.78. The summed E-state index contributed by atoms with van der Waals surface area (Å²) < 4.78 is 4.97. The summed E-state index contributed by atoms with van der Waals surface area (Å²) in [7, 11) is 1.72. The minimum atomic E-state index is 0.642. The van der Waals surface area contributed by atoms with Gasteiger partial charge in [0.05, 0.1) is 6.61 Å². The van der Waals surface area contributed by atoms with E-state index in [1.165, 1.54) is 12.1 Å². The van der Waals surface area contributed by atoms with Crippen LogP contribution in [0, 0.1) is 5.92 Å². The Balaban J connectivity index is 1.68. The molecule has 4 nitrogen and oxygen atoms in total. The molecule has 0 radical (unpaired) electrons. The number of rotatable bonds is 6. The van der Waals surface area contributed by atoms with Gasteiger partial charge < -0.3 is 10.1 Å². The fourth-order valence-corrected chi connectivity index (χ4v) is 1.82. The second-order valence-corrected chi connectivity index (χ2v) is 3.93. The Morgan fingerprint density at radius 1 is 1.60 bits per heavy atom. The van der Waals surface area contributed by atoms with Crippen molar-refractivity contribution in [3.8, 4) is 0 Å². The molecule has 0 aliphatic heterocycles. The molecular formula is C11H17N3O. The maximum atomic E-state index is 4.97. The molecule has 82 valence electrons. The number of aromatic nitrogens is 2. The number of ether oxygens (including phenoxy) is 1. The van der Waals surface area contributed by atoms with Gasteiger partial charge in [0.25, 0.3) is 0 Å². The smallest absolute Gasteiger partial charge is 0.115 e. The Hall–Kier alpha value is -1.00. The number of methoxy groups -OCH3 is 1. The van der Waals surface area contributed by atoms with E-state index in [9.17, 15) is 0 Å². The molecule has 0 saturated heterocycles. The summed E-state index contributed by atoms with van der Waals surface area (Å²) in [6, 6.07) is 2.01. The van der Waals surface area contributed by atoms with Gasteiger partial charge in [-0.05, 0) is 24.9 Å². The first-order chi connectivity index (χ1) is 7.42. The highest BCUT2D eigenvalue weighted by Gasteiger charge is 2.38. The fraction of sp³-hybridized carbons (Fsp3) is 0.636. The van der Waals surface area contributed by atoms with E-state index in [-0.39, 0.29) is 0 Å². The van der Waals surface area contributed by atoms with E-state index in [1.807, 2.05) is 12.3 Å². The van der Waals surface area contributed by atoms with Gasteiger partial charge >= 0.3 is 0 Å². The summed E-state index contributed by atoms with van der Waals surface area (Å²) in [5.74, 6) is 1.39. The predicted molar refractivity (Wildman–Crippen MR) is 57.6 cm³/mol. The quantitative estimate of drug-likeness (QED) is 0.701. The predicted octanol–water partition coefficient (Wildman–Crippen LogP) is 0.816. The molecule has 2 unspecified atom stereocenters. The molecule has 1 aromatic rings. The molecule has 1 N–H and O–H groups in total. The summed E-state index contributed by atoms with van der Waals surface area (Å²) in [6.07, 6.45) is 4.69. The van der Waals surface area contributed by atoms with Gasteiger partial charge in [-0.2, -0.15) is 0 Å². The molecule has 4 heteroatoms. The van der Waals surface area contributed by atoms with Gasteiger partial charge in [0, 0.05) is 31.5 Å². The first kappa shape index (κ1) is 10.5. The normalized spacial score (nSPS) is 24.1. The Morgan fingerprint density at radius 2 is 2.53 bits per heavy atom. The monoisotopic (exact) mass is 207 g/mol. The van der Waals surface area contributed by atoms with E-state index in [0.29, 0.717) is 5.92 Å². The number of hydrogen-bond donors (Lipinski definition) is 1. The van der Waals surface area contributed by atoms with Crippen LogP contribution in [0.5, 0.6) is 0 Å². The second kappa shape index (κ2) is 5.19. The minimum absolute atomic E-state index is 0.642. The van der Waals surface area contributed by atoms with E-state index in [2.05, 4.69) is 15.3 Å². The molecule has 1 aliphatic rings. The van der Waals surface area contributed by atoms with Crippen molar-refractivity contribution in [3.63, 3.8) is 0 Å². The third kappa shape index (κ3) is 2.97. The van der Waals surface area contributed by atoms with Crippen molar-refractivity contribution in [3.05, 3.63) is 24.3 Å². The molecule has 0 bridgehead atoms. The van der Waals surface area contributed by atoms with Gasteiger partial charge in [-0.3, -0.25) is 0 Å². The van der Waals surface area contributed by atoms with Gasteiger partial charge in [0.15, 0.2) is 0 Å². The zero-order valence-electron chi connectivity index (χ0n) is 9.02. The first-order valence-corrected chi connectivity index (χ1v) is 5.37. The SMILES string of the molecule is COCCNCC1CC1c1ccncn1. The van der Waals surface area contributed by atoms with Crippen molar-refractivity contribution in [2.45, 2.75) is 12.3 Å². The summed E-state index contributed by atoms with van der Waals surface area (Å²) in [5, 5.41) is 3.38. The Bertz CT molecular complexity index is 291. The van der Waals surface area contributed by atoms with E-state index >= 15 is 0 Å². The molecule has 0 spiro atoms. The van der Waals surface area contributed by atoms with Crippen molar-refractivity contribution in [1.82, 2.24) is 15.3 Å². The minimum Gasteiger partial charge on any atom is -0.383 e. The molecule has 0 aromatic carbocycles. The van der Waals surface area contributed by atoms with Gasteiger partial charge in [0.2, 0.25) is 0 Å². The highest BCUT2D eigenvalue weighted by atomic mass is 16.5. The van der Waals surface area contributed by atoms with E-state index in [1.54, 1.807) is 13.4 Å². The molecule has 1 aliphatic carbocycles. The Kier molecular flexibility index (Phi) is 3.64. The largest absolute Gasteiger partial charge is 0.383 e. The topological polar surface area (TPSA) is 47.0 Å². The maximum absolute atomic E-state index is 4.97. The van der Waals surface area contributed by atoms with Crippen molar-refractivity contribution in [1.29, 1.82) is 0 Å². The fourth-order valence-electron chi connectivity index (χ4n) is 1.82. The number of hydrogen-bond acceptors (Lipinski definition) is 4.